The molecule has 0 radical (unpaired) electrons. The third kappa shape index (κ3) is 5.41. The maximum atomic E-state index is 12.9. The summed E-state index contributed by atoms with van der Waals surface area (Å²) in [7, 11) is 0. The van der Waals surface area contributed by atoms with E-state index < -0.39 is 29.2 Å². The Bertz CT molecular complexity index is 1060. The van der Waals surface area contributed by atoms with Crippen molar-refractivity contribution in [3.05, 3.63) is 88.1 Å². The van der Waals surface area contributed by atoms with Crippen molar-refractivity contribution in [2.75, 3.05) is 11.9 Å². The normalized spacial score (nSPS) is 10.3. The number of anilines is 1. The van der Waals surface area contributed by atoms with Crippen LogP contribution in [0.25, 0.3) is 0 Å². The van der Waals surface area contributed by atoms with E-state index in [9.17, 15) is 24.1 Å². The molecule has 154 valence electrons. The highest BCUT2D eigenvalue weighted by molar-refractivity contribution is 5.96. The molecule has 1 N–H and O–H groups in total. The van der Waals surface area contributed by atoms with Gasteiger partial charge in [-0.05, 0) is 42.5 Å². The topological polar surface area (TPSA) is 121 Å². The molecule has 0 fully saturated rings. The molecule has 0 atom stereocenters. The van der Waals surface area contributed by atoms with Gasteiger partial charge in [-0.1, -0.05) is 12.1 Å². The van der Waals surface area contributed by atoms with Crippen LogP contribution in [0.2, 0.25) is 0 Å². The number of nitro benzene ring substituents is 1. The Morgan fingerprint density at radius 3 is 2.53 bits per heavy atom. The smallest absolute Gasteiger partial charge is 0.374 e. The number of nitrogens with one attached hydrogen (secondary N) is 1. The number of hydrogen-bond acceptors (Lipinski definition) is 7. The average Bonchev–Trinajstić information content (AvgIpc) is 3.21. The van der Waals surface area contributed by atoms with Gasteiger partial charge in [-0.3, -0.25) is 14.9 Å². The van der Waals surface area contributed by atoms with Gasteiger partial charge >= 0.3 is 5.97 Å². The standard InChI is InChI=1S/C20H15FN2O7/c21-13-5-7-14(8-6-13)28-11-15-9-10-18(30-15)20(25)29-12-19(24)22-16-3-1-2-4-17(16)23(26)27/h1-10H,11-12H2,(H,22,24). The Labute approximate surface area is 169 Å². The molecular formula is C20H15FN2O7. The van der Waals surface area contributed by atoms with Gasteiger partial charge in [0.05, 0.1) is 4.92 Å². The van der Waals surface area contributed by atoms with Crippen LogP contribution < -0.4 is 10.1 Å². The highest BCUT2D eigenvalue weighted by atomic mass is 19.1. The molecule has 0 aliphatic heterocycles. The minimum atomic E-state index is -0.888. The molecule has 0 saturated carbocycles. The second-order valence-corrected chi connectivity index (χ2v) is 5.91. The number of halogens is 1. The first-order valence-corrected chi connectivity index (χ1v) is 8.60. The maximum Gasteiger partial charge on any atom is 0.374 e. The van der Waals surface area contributed by atoms with E-state index in [0.29, 0.717) is 11.5 Å². The van der Waals surface area contributed by atoms with Gasteiger partial charge in [0, 0.05) is 6.07 Å². The molecule has 0 bridgehead atoms. The third-order valence-electron chi connectivity index (χ3n) is 3.77. The van der Waals surface area contributed by atoms with Crippen LogP contribution in [0.4, 0.5) is 15.8 Å². The van der Waals surface area contributed by atoms with Gasteiger partial charge in [0.1, 0.15) is 29.6 Å². The van der Waals surface area contributed by atoms with Crippen molar-refractivity contribution < 1.29 is 32.8 Å². The number of hydrogen-bond donors (Lipinski definition) is 1. The Hall–Kier alpha value is -4.21. The molecule has 0 aliphatic rings. The van der Waals surface area contributed by atoms with Crippen LogP contribution in [-0.4, -0.2) is 23.4 Å². The second-order valence-electron chi connectivity index (χ2n) is 5.91. The number of carbonyl (C=O) groups excluding carboxylic acids is 2. The summed E-state index contributed by atoms with van der Waals surface area (Å²) in [5, 5.41) is 13.3. The number of carbonyl (C=O) groups is 2. The average molecular weight is 414 g/mol. The van der Waals surface area contributed by atoms with Crippen LogP contribution in [0.3, 0.4) is 0 Å². The van der Waals surface area contributed by atoms with Crippen molar-refractivity contribution in [1.82, 2.24) is 0 Å². The fraction of sp³-hybridized carbons (Fsp3) is 0.100. The number of rotatable bonds is 8. The van der Waals surface area contributed by atoms with Crippen LogP contribution >= 0.6 is 0 Å². The second kappa shape index (κ2) is 9.32. The van der Waals surface area contributed by atoms with Gasteiger partial charge in [-0.2, -0.15) is 0 Å². The van der Waals surface area contributed by atoms with Crippen molar-refractivity contribution >= 4 is 23.3 Å². The number of esters is 1. The Kier molecular flexibility index (Phi) is 6.38. The third-order valence-corrected chi connectivity index (χ3v) is 3.77. The van der Waals surface area contributed by atoms with E-state index in [2.05, 4.69) is 5.32 Å². The van der Waals surface area contributed by atoms with E-state index in [-0.39, 0.29) is 23.7 Å². The van der Waals surface area contributed by atoms with Crippen molar-refractivity contribution in [2.45, 2.75) is 6.61 Å². The van der Waals surface area contributed by atoms with E-state index in [1.807, 2.05) is 0 Å². The van der Waals surface area contributed by atoms with Crippen LogP contribution in [-0.2, 0) is 16.1 Å². The van der Waals surface area contributed by atoms with Crippen molar-refractivity contribution in [3.63, 3.8) is 0 Å². The summed E-state index contributed by atoms with van der Waals surface area (Å²) >= 11 is 0. The minimum Gasteiger partial charge on any atom is -0.486 e. The summed E-state index contributed by atoms with van der Waals surface area (Å²) in [6.07, 6.45) is 0. The molecule has 3 rings (SSSR count). The lowest BCUT2D eigenvalue weighted by molar-refractivity contribution is -0.383. The minimum absolute atomic E-state index is 0.00290. The molecule has 2 aromatic carbocycles. The molecule has 1 amide bonds. The largest absolute Gasteiger partial charge is 0.486 e. The van der Waals surface area contributed by atoms with E-state index in [1.54, 1.807) is 0 Å². The Morgan fingerprint density at radius 2 is 1.80 bits per heavy atom. The lowest BCUT2D eigenvalue weighted by Gasteiger charge is -2.06. The zero-order chi connectivity index (χ0) is 21.5. The van der Waals surface area contributed by atoms with E-state index in [4.69, 9.17) is 13.9 Å². The van der Waals surface area contributed by atoms with Crippen LogP contribution in [0.1, 0.15) is 16.3 Å². The highest BCUT2D eigenvalue weighted by Gasteiger charge is 2.18. The van der Waals surface area contributed by atoms with Gasteiger partial charge in [0.25, 0.3) is 11.6 Å². The molecule has 9 nitrogen and oxygen atoms in total. The predicted molar refractivity (Wildman–Crippen MR) is 101 cm³/mol. The fourth-order valence-corrected chi connectivity index (χ4v) is 2.38. The lowest BCUT2D eigenvalue weighted by atomic mass is 10.2. The number of nitro groups is 1. The number of amides is 1. The first kappa shape index (κ1) is 20.5. The van der Waals surface area contributed by atoms with Gasteiger partial charge < -0.3 is 19.2 Å². The van der Waals surface area contributed by atoms with Crippen LogP contribution in [0.5, 0.6) is 5.75 Å². The molecule has 1 aromatic heterocycles. The monoisotopic (exact) mass is 414 g/mol. The van der Waals surface area contributed by atoms with Crippen LogP contribution in [0, 0.1) is 15.9 Å². The van der Waals surface area contributed by atoms with E-state index >= 15 is 0 Å². The summed E-state index contributed by atoms with van der Waals surface area (Å²) in [5.41, 5.74) is -0.296. The number of furan rings is 1. The maximum absolute atomic E-state index is 12.9. The van der Waals surface area contributed by atoms with Gasteiger partial charge in [-0.15, -0.1) is 0 Å². The zero-order valence-electron chi connectivity index (χ0n) is 15.4. The number of ether oxygens (including phenoxy) is 2. The molecule has 0 spiro atoms. The summed E-state index contributed by atoms with van der Waals surface area (Å²) in [6, 6.07) is 13.8. The van der Waals surface area contributed by atoms with E-state index in [1.165, 1.54) is 60.7 Å². The summed E-state index contributed by atoms with van der Waals surface area (Å²) in [6.45, 7) is -0.663. The van der Waals surface area contributed by atoms with E-state index in [0.717, 1.165) is 0 Å². The summed E-state index contributed by atoms with van der Waals surface area (Å²) in [5.74, 6) is -1.44. The highest BCUT2D eigenvalue weighted by Crippen LogP contribution is 2.23. The quantitative estimate of drug-likeness (QED) is 0.339. The first-order valence-electron chi connectivity index (χ1n) is 8.60. The van der Waals surface area contributed by atoms with Gasteiger partial charge in [0.15, 0.2) is 6.61 Å². The van der Waals surface area contributed by atoms with Crippen LogP contribution in [0.15, 0.2) is 65.1 Å². The van der Waals surface area contributed by atoms with Crippen molar-refractivity contribution in [1.29, 1.82) is 0 Å². The molecule has 0 unspecified atom stereocenters. The number of benzene rings is 2. The van der Waals surface area contributed by atoms with Gasteiger partial charge in [-0.25, -0.2) is 9.18 Å². The molecule has 3 aromatic rings. The van der Waals surface area contributed by atoms with Crippen molar-refractivity contribution in [3.8, 4) is 5.75 Å². The number of nitrogens with zero attached hydrogens (tertiary/aromatic N) is 1. The summed E-state index contributed by atoms with van der Waals surface area (Å²) < 4.78 is 28.4. The number of para-hydroxylation sites is 2. The van der Waals surface area contributed by atoms with Gasteiger partial charge in [0.2, 0.25) is 5.76 Å². The molecule has 0 aliphatic carbocycles. The lowest BCUT2D eigenvalue weighted by Crippen LogP contribution is -2.21. The Morgan fingerprint density at radius 1 is 1.07 bits per heavy atom. The molecule has 1 heterocycles. The SMILES string of the molecule is O=C(COC(=O)c1ccc(COc2ccc(F)cc2)o1)Nc1ccccc1[N+](=O)[O-]. The molecule has 30 heavy (non-hydrogen) atoms. The summed E-state index contributed by atoms with van der Waals surface area (Å²) in [4.78, 5) is 34.2. The predicted octanol–water partition coefficient (Wildman–Crippen LogP) is 3.70. The molecule has 0 saturated heterocycles. The Balaban J connectivity index is 1.50. The zero-order valence-corrected chi connectivity index (χ0v) is 15.4. The fourth-order valence-electron chi connectivity index (χ4n) is 2.38. The van der Waals surface area contributed by atoms with Crippen molar-refractivity contribution in [2.24, 2.45) is 0 Å². The molecular weight excluding hydrogens is 399 g/mol. The first-order chi connectivity index (χ1) is 14.4. The molecule has 10 heteroatoms.